The minimum absolute atomic E-state index is 0.285. The van der Waals surface area contributed by atoms with E-state index in [1.54, 1.807) is 24.3 Å². The van der Waals surface area contributed by atoms with Gasteiger partial charge in [-0.3, -0.25) is 0 Å². The number of hydrogen-bond acceptors (Lipinski definition) is 5. The molecule has 0 spiro atoms. The second-order valence-corrected chi connectivity index (χ2v) is 7.07. The predicted octanol–water partition coefficient (Wildman–Crippen LogP) is 5.25. The zero-order chi connectivity index (χ0) is 17.3. The Morgan fingerprint density at radius 1 is 1.21 bits per heavy atom. The number of nitrogens with zero attached hydrogens (tertiary/aromatic N) is 1. The molecule has 24 heavy (non-hydrogen) atoms. The predicted molar refractivity (Wildman–Crippen MR) is 86.5 cm³/mol. The Hall–Kier alpha value is -2.06. The number of hydrogen-bond donors (Lipinski definition) is 0. The number of methoxy groups -OCH3 is 1. The fourth-order valence-corrected chi connectivity index (χ4v) is 4.18. The number of aromatic nitrogens is 1. The van der Waals surface area contributed by atoms with Crippen molar-refractivity contribution in [3.63, 3.8) is 0 Å². The third-order valence-corrected chi connectivity index (χ3v) is 5.36. The van der Waals surface area contributed by atoms with Gasteiger partial charge in [0.15, 0.2) is 4.34 Å². The Kier molecular flexibility index (Phi) is 4.51. The molecule has 0 saturated carbocycles. The van der Waals surface area contributed by atoms with E-state index < -0.39 is 17.7 Å². The standard InChI is InChI=1S/C16H10F3NO2S2/c1-22-14(21)10-4-2-3-5-12(10)23-15-20-11-8-9(16(17,18)19)6-7-13(11)24-15/h2-8H,1H3. The van der Waals surface area contributed by atoms with Crippen LogP contribution < -0.4 is 0 Å². The van der Waals surface area contributed by atoms with Crippen molar-refractivity contribution in [2.75, 3.05) is 7.11 Å². The molecule has 0 atom stereocenters. The van der Waals surface area contributed by atoms with Gasteiger partial charge in [0, 0.05) is 4.90 Å². The van der Waals surface area contributed by atoms with E-state index in [4.69, 9.17) is 4.74 Å². The Labute approximate surface area is 143 Å². The van der Waals surface area contributed by atoms with E-state index >= 15 is 0 Å². The summed E-state index contributed by atoms with van der Waals surface area (Å²) in [5.41, 5.74) is -0.0556. The maximum atomic E-state index is 12.8. The smallest absolute Gasteiger partial charge is 0.416 e. The number of carbonyl (C=O) groups excluding carboxylic acids is 1. The summed E-state index contributed by atoms with van der Waals surface area (Å²) >= 11 is 2.49. The van der Waals surface area contributed by atoms with Gasteiger partial charge in [-0.1, -0.05) is 23.9 Å². The maximum Gasteiger partial charge on any atom is 0.416 e. The third-order valence-electron chi connectivity index (χ3n) is 3.18. The molecule has 3 aromatic rings. The summed E-state index contributed by atoms with van der Waals surface area (Å²) in [6.07, 6.45) is -4.40. The highest BCUT2D eigenvalue weighted by Gasteiger charge is 2.30. The molecule has 0 radical (unpaired) electrons. The van der Waals surface area contributed by atoms with E-state index in [0.717, 1.165) is 12.1 Å². The van der Waals surface area contributed by atoms with Gasteiger partial charge < -0.3 is 4.74 Å². The minimum Gasteiger partial charge on any atom is -0.465 e. The molecule has 3 rings (SSSR count). The quantitative estimate of drug-likeness (QED) is 0.591. The Bertz CT molecular complexity index is 906. The SMILES string of the molecule is COC(=O)c1ccccc1Sc1nc2cc(C(F)(F)F)ccc2s1. The van der Waals surface area contributed by atoms with Crippen LogP contribution in [0.25, 0.3) is 10.2 Å². The third kappa shape index (κ3) is 3.39. The van der Waals surface area contributed by atoms with E-state index in [2.05, 4.69) is 4.98 Å². The van der Waals surface area contributed by atoms with Crippen LogP contribution in [0.3, 0.4) is 0 Å². The molecule has 0 bridgehead atoms. The van der Waals surface area contributed by atoms with Crippen molar-refractivity contribution in [3.8, 4) is 0 Å². The van der Waals surface area contributed by atoms with Gasteiger partial charge in [0.1, 0.15) is 0 Å². The van der Waals surface area contributed by atoms with Crippen LogP contribution >= 0.6 is 23.1 Å². The van der Waals surface area contributed by atoms with E-state index in [0.29, 0.717) is 19.5 Å². The molecule has 1 aromatic heterocycles. The fraction of sp³-hybridized carbons (Fsp3) is 0.125. The lowest BCUT2D eigenvalue weighted by atomic mass is 10.2. The molecular formula is C16H10F3NO2S2. The first-order valence-corrected chi connectivity index (χ1v) is 8.35. The van der Waals surface area contributed by atoms with Crippen LogP contribution in [0.15, 0.2) is 51.7 Å². The molecule has 0 aliphatic heterocycles. The van der Waals surface area contributed by atoms with Crippen LogP contribution in [-0.4, -0.2) is 18.1 Å². The lowest BCUT2D eigenvalue weighted by molar-refractivity contribution is -0.137. The Morgan fingerprint density at radius 3 is 2.67 bits per heavy atom. The maximum absolute atomic E-state index is 12.8. The van der Waals surface area contributed by atoms with Crippen LogP contribution in [0, 0.1) is 0 Å². The number of ether oxygens (including phenoxy) is 1. The van der Waals surface area contributed by atoms with Gasteiger partial charge in [0.25, 0.3) is 0 Å². The molecule has 3 nitrogen and oxygen atoms in total. The van der Waals surface area contributed by atoms with Crippen molar-refractivity contribution in [1.29, 1.82) is 0 Å². The zero-order valence-corrected chi connectivity index (χ0v) is 13.9. The first kappa shape index (κ1) is 16.8. The number of thiazole rings is 1. The van der Waals surface area contributed by atoms with Gasteiger partial charge >= 0.3 is 12.1 Å². The highest BCUT2D eigenvalue weighted by molar-refractivity contribution is 8.01. The van der Waals surface area contributed by atoms with Crippen molar-refractivity contribution in [3.05, 3.63) is 53.6 Å². The number of carbonyl (C=O) groups is 1. The zero-order valence-electron chi connectivity index (χ0n) is 12.3. The lowest BCUT2D eigenvalue weighted by Gasteiger charge is -2.05. The average Bonchev–Trinajstić information content (AvgIpc) is 2.95. The van der Waals surface area contributed by atoms with Gasteiger partial charge in [-0.05, 0) is 30.3 Å². The number of benzene rings is 2. The Balaban J connectivity index is 1.96. The molecule has 0 aliphatic rings. The normalized spacial score (nSPS) is 11.7. The van der Waals surface area contributed by atoms with Crippen LogP contribution in [0.4, 0.5) is 13.2 Å². The van der Waals surface area contributed by atoms with Crippen LogP contribution in [0.2, 0.25) is 0 Å². The highest BCUT2D eigenvalue weighted by atomic mass is 32.2. The van der Waals surface area contributed by atoms with Crippen molar-refractivity contribution in [2.45, 2.75) is 15.4 Å². The van der Waals surface area contributed by atoms with E-state index in [1.165, 1.54) is 36.3 Å². The number of fused-ring (bicyclic) bond motifs is 1. The van der Waals surface area contributed by atoms with Crippen molar-refractivity contribution in [2.24, 2.45) is 0 Å². The minimum atomic E-state index is -4.40. The molecule has 0 unspecified atom stereocenters. The monoisotopic (exact) mass is 369 g/mol. The fourth-order valence-electron chi connectivity index (χ4n) is 2.05. The van der Waals surface area contributed by atoms with Crippen molar-refractivity contribution < 1.29 is 22.7 Å². The summed E-state index contributed by atoms with van der Waals surface area (Å²) in [5.74, 6) is -0.474. The van der Waals surface area contributed by atoms with Gasteiger partial charge in [-0.15, -0.1) is 11.3 Å². The molecule has 1 heterocycles. The summed E-state index contributed by atoms with van der Waals surface area (Å²) in [6.45, 7) is 0. The second kappa shape index (κ2) is 6.45. The summed E-state index contributed by atoms with van der Waals surface area (Å²) < 4.78 is 44.3. The molecule has 124 valence electrons. The number of esters is 1. The topological polar surface area (TPSA) is 39.2 Å². The molecule has 0 N–H and O–H groups in total. The second-order valence-electron chi connectivity index (χ2n) is 4.75. The highest BCUT2D eigenvalue weighted by Crippen LogP contribution is 2.38. The van der Waals surface area contributed by atoms with Crippen LogP contribution in [0.5, 0.6) is 0 Å². The molecule has 0 aliphatic carbocycles. The molecule has 2 aromatic carbocycles. The summed E-state index contributed by atoms with van der Waals surface area (Å²) in [5, 5.41) is 0. The molecule has 8 heteroatoms. The van der Waals surface area contributed by atoms with Gasteiger partial charge in [-0.2, -0.15) is 13.2 Å². The molecular weight excluding hydrogens is 359 g/mol. The number of alkyl halides is 3. The average molecular weight is 369 g/mol. The van der Waals surface area contributed by atoms with E-state index in [9.17, 15) is 18.0 Å². The van der Waals surface area contributed by atoms with E-state index in [1.807, 2.05) is 0 Å². The first-order chi connectivity index (χ1) is 11.4. The van der Waals surface area contributed by atoms with Gasteiger partial charge in [0.05, 0.1) is 28.5 Å². The van der Waals surface area contributed by atoms with Gasteiger partial charge in [-0.25, -0.2) is 9.78 Å². The Morgan fingerprint density at radius 2 is 1.96 bits per heavy atom. The summed E-state index contributed by atoms with van der Waals surface area (Å²) in [4.78, 5) is 16.7. The van der Waals surface area contributed by atoms with Gasteiger partial charge in [0.2, 0.25) is 0 Å². The van der Waals surface area contributed by atoms with Crippen LogP contribution in [0.1, 0.15) is 15.9 Å². The molecule has 0 amide bonds. The number of halogens is 3. The summed E-state index contributed by atoms with van der Waals surface area (Å²) in [7, 11) is 1.29. The number of rotatable bonds is 3. The molecule has 0 fully saturated rings. The van der Waals surface area contributed by atoms with E-state index in [-0.39, 0.29) is 5.52 Å². The van der Waals surface area contributed by atoms with Crippen molar-refractivity contribution >= 4 is 39.3 Å². The largest absolute Gasteiger partial charge is 0.465 e. The molecule has 0 saturated heterocycles. The van der Waals surface area contributed by atoms with Crippen molar-refractivity contribution in [1.82, 2.24) is 4.98 Å². The van der Waals surface area contributed by atoms with Crippen LogP contribution in [-0.2, 0) is 10.9 Å². The summed E-state index contributed by atoms with van der Waals surface area (Å²) in [6, 6.07) is 10.3. The first-order valence-electron chi connectivity index (χ1n) is 6.71. The lowest BCUT2D eigenvalue weighted by Crippen LogP contribution is -2.03.